The fourth-order valence-corrected chi connectivity index (χ4v) is 2.59. The summed E-state index contributed by atoms with van der Waals surface area (Å²) in [6.07, 6.45) is -0.226. The highest BCUT2D eigenvalue weighted by Crippen LogP contribution is 2.28. The quantitative estimate of drug-likeness (QED) is 0.499. The Kier molecular flexibility index (Phi) is 3.15. The summed E-state index contributed by atoms with van der Waals surface area (Å²) in [5.41, 5.74) is 1.02. The summed E-state index contributed by atoms with van der Waals surface area (Å²) in [4.78, 5) is 11.1. The van der Waals surface area contributed by atoms with Gasteiger partial charge in [0.05, 0.1) is 0 Å². The predicted molar refractivity (Wildman–Crippen MR) is 81.6 cm³/mol. The zero-order valence-electron chi connectivity index (χ0n) is 11.6. The average Bonchev–Trinajstić information content (AvgIpc) is 2.46. The minimum atomic E-state index is -0.254. The van der Waals surface area contributed by atoms with Gasteiger partial charge in [-0.05, 0) is 40.1 Å². The number of rotatable bonds is 2. The highest BCUT2D eigenvalue weighted by molar-refractivity contribution is 6.07. The number of benzene rings is 3. The van der Waals surface area contributed by atoms with Gasteiger partial charge in [0, 0.05) is 6.92 Å². The molecule has 3 rings (SSSR count). The molecule has 0 unspecified atom stereocenters. The molecule has 0 aliphatic heterocycles. The first-order valence-corrected chi connectivity index (χ1v) is 6.74. The van der Waals surface area contributed by atoms with Gasteiger partial charge in [-0.1, -0.05) is 48.5 Å². The van der Waals surface area contributed by atoms with Gasteiger partial charge in [0.15, 0.2) is 0 Å². The Balaban J connectivity index is 2.18. The lowest BCUT2D eigenvalue weighted by molar-refractivity contribution is -0.145. The number of carbonyl (C=O) groups is 1. The van der Waals surface area contributed by atoms with Crippen LogP contribution in [0.15, 0.2) is 54.6 Å². The highest BCUT2D eigenvalue weighted by Gasteiger charge is 2.10. The monoisotopic (exact) mass is 264 g/mol. The summed E-state index contributed by atoms with van der Waals surface area (Å²) < 4.78 is 5.26. The number of hydrogen-bond donors (Lipinski definition) is 0. The maximum absolute atomic E-state index is 11.1. The molecule has 0 aromatic heterocycles. The molecule has 3 aromatic carbocycles. The third-order valence-electron chi connectivity index (χ3n) is 3.58. The van der Waals surface area contributed by atoms with Crippen molar-refractivity contribution in [2.75, 3.05) is 0 Å². The smallest absolute Gasteiger partial charge is 0.303 e. The summed E-state index contributed by atoms with van der Waals surface area (Å²) in [6.45, 7) is 3.33. The molecule has 0 spiro atoms. The van der Waals surface area contributed by atoms with Crippen molar-refractivity contribution in [1.82, 2.24) is 0 Å². The van der Waals surface area contributed by atoms with E-state index in [0.29, 0.717) is 0 Å². The second-order valence-corrected chi connectivity index (χ2v) is 5.02. The Morgan fingerprint density at radius 2 is 1.60 bits per heavy atom. The molecule has 2 nitrogen and oxygen atoms in total. The van der Waals surface area contributed by atoms with Gasteiger partial charge in [0.25, 0.3) is 0 Å². The molecular formula is C18H16O2. The first-order valence-electron chi connectivity index (χ1n) is 6.74. The number of fused-ring (bicyclic) bond motifs is 3. The van der Waals surface area contributed by atoms with Gasteiger partial charge < -0.3 is 4.74 Å². The minimum absolute atomic E-state index is 0.226. The molecule has 0 radical (unpaired) electrons. The maximum Gasteiger partial charge on any atom is 0.303 e. The molecule has 0 saturated heterocycles. The van der Waals surface area contributed by atoms with Crippen LogP contribution < -0.4 is 0 Å². The molecule has 0 amide bonds. The average molecular weight is 264 g/mol. The summed E-state index contributed by atoms with van der Waals surface area (Å²) in [6, 6.07) is 18.8. The van der Waals surface area contributed by atoms with E-state index < -0.39 is 0 Å². The van der Waals surface area contributed by atoms with Crippen molar-refractivity contribution in [3.8, 4) is 0 Å². The lowest BCUT2D eigenvalue weighted by Gasteiger charge is -2.13. The first kappa shape index (κ1) is 12.7. The second-order valence-electron chi connectivity index (χ2n) is 5.02. The standard InChI is InChI=1S/C18H16O2/c1-12(20-13(2)19)16-10-9-15-8-7-14-5-3-4-6-17(14)18(15)11-16/h3-12H,1-2H3/t12-/m1/s1. The molecule has 0 heterocycles. The molecule has 0 bridgehead atoms. The number of esters is 1. The minimum Gasteiger partial charge on any atom is -0.458 e. The van der Waals surface area contributed by atoms with Crippen LogP contribution in [0.1, 0.15) is 25.5 Å². The molecular weight excluding hydrogens is 248 g/mol. The first-order chi connectivity index (χ1) is 9.65. The van der Waals surface area contributed by atoms with Gasteiger partial charge in [-0.3, -0.25) is 4.79 Å². The maximum atomic E-state index is 11.1. The van der Waals surface area contributed by atoms with Crippen molar-refractivity contribution in [3.05, 3.63) is 60.2 Å². The highest BCUT2D eigenvalue weighted by atomic mass is 16.5. The summed E-state index contributed by atoms with van der Waals surface area (Å²) in [7, 11) is 0. The van der Waals surface area contributed by atoms with Gasteiger partial charge in [-0.25, -0.2) is 0 Å². The van der Waals surface area contributed by atoms with E-state index in [1.807, 2.05) is 25.1 Å². The van der Waals surface area contributed by atoms with Gasteiger partial charge in [-0.2, -0.15) is 0 Å². The van der Waals surface area contributed by atoms with E-state index in [4.69, 9.17) is 4.74 Å². The van der Waals surface area contributed by atoms with Gasteiger partial charge >= 0.3 is 5.97 Å². The van der Waals surface area contributed by atoms with E-state index in [0.717, 1.165) is 5.56 Å². The summed E-state index contributed by atoms with van der Waals surface area (Å²) in [5, 5.41) is 4.83. The largest absolute Gasteiger partial charge is 0.458 e. The molecule has 0 N–H and O–H groups in total. The van der Waals surface area contributed by atoms with Gasteiger partial charge in [0.2, 0.25) is 0 Å². The normalized spacial score (nSPS) is 12.5. The Labute approximate surface area is 118 Å². The topological polar surface area (TPSA) is 26.3 Å². The van der Waals surface area contributed by atoms with Crippen molar-refractivity contribution in [3.63, 3.8) is 0 Å². The number of carbonyl (C=O) groups excluding carboxylic acids is 1. The molecule has 100 valence electrons. The lowest BCUT2D eigenvalue weighted by Crippen LogP contribution is -2.04. The Bertz CT molecular complexity index is 790. The fourth-order valence-electron chi connectivity index (χ4n) is 2.59. The SMILES string of the molecule is CC(=O)O[C@H](C)c1ccc2ccc3ccccc3c2c1. The molecule has 20 heavy (non-hydrogen) atoms. The van der Waals surface area contributed by atoms with E-state index in [-0.39, 0.29) is 12.1 Å². The zero-order chi connectivity index (χ0) is 14.1. The molecule has 0 fully saturated rings. The number of hydrogen-bond acceptors (Lipinski definition) is 2. The number of ether oxygens (including phenoxy) is 1. The summed E-state index contributed by atoms with van der Waals surface area (Å²) >= 11 is 0. The van der Waals surface area contributed by atoms with Crippen LogP contribution in [0.4, 0.5) is 0 Å². The summed E-state index contributed by atoms with van der Waals surface area (Å²) in [5.74, 6) is -0.254. The fraction of sp³-hybridized carbons (Fsp3) is 0.167. The molecule has 3 aromatic rings. The van der Waals surface area contributed by atoms with E-state index in [1.165, 1.54) is 28.5 Å². The van der Waals surface area contributed by atoms with Crippen LogP contribution in [-0.4, -0.2) is 5.97 Å². The molecule has 0 aliphatic rings. The zero-order valence-corrected chi connectivity index (χ0v) is 11.6. The van der Waals surface area contributed by atoms with E-state index in [9.17, 15) is 4.79 Å². The van der Waals surface area contributed by atoms with Crippen molar-refractivity contribution < 1.29 is 9.53 Å². The Morgan fingerprint density at radius 1 is 0.950 bits per heavy atom. The van der Waals surface area contributed by atoms with Crippen LogP contribution in [0, 0.1) is 0 Å². The second kappa shape index (κ2) is 4.97. The third-order valence-corrected chi connectivity index (χ3v) is 3.58. The van der Waals surface area contributed by atoms with E-state index >= 15 is 0 Å². The molecule has 2 heteroatoms. The van der Waals surface area contributed by atoms with Crippen molar-refractivity contribution >= 4 is 27.5 Å². The van der Waals surface area contributed by atoms with Crippen LogP contribution >= 0.6 is 0 Å². The van der Waals surface area contributed by atoms with Crippen LogP contribution in [-0.2, 0) is 9.53 Å². The van der Waals surface area contributed by atoms with Crippen LogP contribution in [0.3, 0.4) is 0 Å². The third kappa shape index (κ3) is 2.25. The van der Waals surface area contributed by atoms with E-state index in [2.05, 4.69) is 36.4 Å². The van der Waals surface area contributed by atoms with Crippen LogP contribution in [0.25, 0.3) is 21.5 Å². The molecule has 0 aliphatic carbocycles. The van der Waals surface area contributed by atoms with Crippen LogP contribution in [0.2, 0.25) is 0 Å². The van der Waals surface area contributed by atoms with E-state index in [1.54, 1.807) is 0 Å². The predicted octanol–water partition coefficient (Wildman–Crippen LogP) is 4.62. The molecule has 1 atom stereocenters. The van der Waals surface area contributed by atoms with Crippen LogP contribution in [0.5, 0.6) is 0 Å². The molecule has 0 saturated carbocycles. The van der Waals surface area contributed by atoms with Crippen molar-refractivity contribution in [1.29, 1.82) is 0 Å². The van der Waals surface area contributed by atoms with Crippen molar-refractivity contribution in [2.45, 2.75) is 20.0 Å². The Morgan fingerprint density at radius 3 is 2.35 bits per heavy atom. The Hall–Kier alpha value is -2.35. The van der Waals surface area contributed by atoms with Gasteiger partial charge in [-0.15, -0.1) is 0 Å². The lowest BCUT2D eigenvalue weighted by atomic mass is 9.98. The van der Waals surface area contributed by atoms with Crippen molar-refractivity contribution in [2.24, 2.45) is 0 Å². The van der Waals surface area contributed by atoms with Gasteiger partial charge in [0.1, 0.15) is 6.10 Å².